The molecule has 4 heterocycles. The van der Waals surface area contributed by atoms with Gasteiger partial charge in [0.25, 0.3) is 0 Å². The van der Waals surface area contributed by atoms with E-state index >= 15 is 0 Å². The van der Waals surface area contributed by atoms with Gasteiger partial charge in [0, 0.05) is 43.6 Å². The molecule has 1 saturated heterocycles. The van der Waals surface area contributed by atoms with Crippen LogP contribution in [0.4, 0.5) is 5.82 Å². The van der Waals surface area contributed by atoms with Crippen molar-refractivity contribution >= 4 is 27.4 Å². The molecule has 0 atom stereocenters. The summed E-state index contributed by atoms with van der Waals surface area (Å²) in [5.41, 5.74) is 1.47. The maximum atomic E-state index is 5.41. The van der Waals surface area contributed by atoms with E-state index in [9.17, 15) is 0 Å². The molecule has 0 bridgehead atoms. The molecule has 7 heteroatoms. The summed E-state index contributed by atoms with van der Waals surface area (Å²) in [6, 6.07) is 0.595. The lowest BCUT2D eigenvalue weighted by Crippen LogP contribution is -2.37. The predicted octanol–water partition coefficient (Wildman–Crippen LogP) is 2.59. The summed E-state index contributed by atoms with van der Waals surface area (Å²) < 4.78 is 5.41. The number of nitrogens with one attached hydrogen (secondary N) is 1. The molecule has 2 aliphatic heterocycles. The standard InChI is InChI=1S/C19H29N5OS/c1-14(2)24-7-4-15-16(12-24)26-19-17(15)18(21-13-22-19)20-5-3-6-23-8-10-25-11-9-23/h13-14H,3-12H2,1-2H3,(H,20,21,22). The topological polar surface area (TPSA) is 53.5 Å². The third-order valence-corrected chi connectivity index (χ3v) is 6.57. The van der Waals surface area contributed by atoms with E-state index in [0.717, 1.165) is 76.0 Å². The summed E-state index contributed by atoms with van der Waals surface area (Å²) >= 11 is 1.84. The largest absolute Gasteiger partial charge is 0.379 e. The van der Waals surface area contributed by atoms with Gasteiger partial charge in [-0.15, -0.1) is 11.3 Å². The third-order valence-electron chi connectivity index (χ3n) is 5.44. The first-order valence-corrected chi connectivity index (χ1v) is 10.6. The number of morpholine rings is 1. The van der Waals surface area contributed by atoms with Crippen LogP contribution in [0.3, 0.4) is 0 Å². The van der Waals surface area contributed by atoms with Crippen LogP contribution in [0.25, 0.3) is 10.2 Å². The van der Waals surface area contributed by atoms with Crippen LogP contribution in [0.15, 0.2) is 6.33 Å². The SMILES string of the molecule is CC(C)N1CCc2c(sc3ncnc(NCCCN4CCOCC4)c23)C1. The average Bonchev–Trinajstić information content (AvgIpc) is 3.04. The molecule has 4 rings (SSSR count). The number of nitrogens with zero attached hydrogens (tertiary/aromatic N) is 4. The predicted molar refractivity (Wildman–Crippen MR) is 107 cm³/mol. The van der Waals surface area contributed by atoms with Crippen molar-refractivity contribution in [3.63, 3.8) is 0 Å². The fraction of sp³-hybridized carbons (Fsp3) is 0.684. The minimum atomic E-state index is 0.595. The van der Waals surface area contributed by atoms with E-state index in [1.54, 1.807) is 6.33 Å². The third kappa shape index (κ3) is 3.86. The Morgan fingerprint density at radius 2 is 2.08 bits per heavy atom. The number of fused-ring (bicyclic) bond motifs is 3. The smallest absolute Gasteiger partial charge is 0.138 e. The van der Waals surface area contributed by atoms with Crippen LogP contribution in [-0.2, 0) is 17.7 Å². The van der Waals surface area contributed by atoms with Gasteiger partial charge < -0.3 is 10.1 Å². The molecule has 0 unspecified atom stereocenters. The van der Waals surface area contributed by atoms with Gasteiger partial charge in [0.05, 0.1) is 18.6 Å². The zero-order valence-corrected chi connectivity index (χ0v) is 16.6. The lowest BCUT2D eigenvalue weighted by Gasteiger charge is -2.30. The molecule has 0 amide bonds. The maximum absolute atomic E-state index is 5.41. The van der Waals surface area contributed by atoms with Crippen molar-refractivity contribution in [2.24, 2.45) is 0 Å². The molecule has 26 heavy (non-hydrogen) atoms. The number of ether oxygens (including phenoxy) is 1. The molecule has 2 aliphatic rings. The van der Waals surface area contributed by atoms with Crippen molar-refractivity contribution in [2.45, 2.75) is 39.3 Å². The zero-order valence-electron chi connectivity index (χ0n) is 15.8. The van der Waals surface area contributed by atoms with Gasteiger partial charge in [0.15, 0.2) is 0 Å². The highest BCUT2D eigenvalue weighted by Gasteiger charge is 2.24. The van der Waals surface area contributed by atoms with Crippen molar-refractivity contribution in [3.8, 4) is 0 Å². The fourth-order valence-corrected chi connectivity index (χ4v) is 5.07. The van der Waals surface area contributed by atoms with Crippen LogP contribution < -0.4 is 5.32 Å². The Morgan fingerprint density at radius 3 is 2.88 bits per heavy atom. The molecule has 6 nitrogen and oxygen atoms in total. The number of hydrogen-bond acceptors (Lipinski definition) is 7. The second-order valence-corrected chi connectivity index (χ2v) is 8.54. The van der Waals surface area contributed by atoms with Gasteiger partial charge in [-0.3, -0.25) is 9.80 Å². The lowest BCUT2D eigenvalue weighted by atomic mass is 10.0. The van der Waals surface area contributed by atoms with Crippen LogP contribution in [0.2, 0.25) is 0 Å². The van der Waals surface area contributed by atoms with E-state index in [0.29, 0.717) is 6.04 Å². The van der Waals surface area contributed by atoms with Crippen LogP contribution in [0, 0.1) is 0 Å². The molecule has 1 N–H and O–H groups in total. The Kier molecular flexibility index (Phi) is 5.69. The molecule has 0 aliphatic carbocycles. The summed E-state index contributed by atoms with van der Waals surface area (Å²) in [5, 5.41) is 4.85. The molecular weight excluding hydrogens is 346 g/mol. The number of rotatable bonds is 6. The molecule has 142 valence electrons. The van der Waals surface area contributed by atoms with Gasteiger partial charge in [-0.25, -0.2) is 9.97 Å². The number of anilines is 1. The molecule has 1 fully saturated rings. The van der Waals surface area contributed by atoms with E-state index in [4.69, 9.17) is 4.74 Å². The fourth-order valence-electron chi connectivity index (χ4n) is 3.86. The van der Waals surface area contributed by atoms with Crippen molar-refractivity contribution in [3.05, 3.63) is 16.8 Å². The summed E-state index contributed by atoms with van der Waals surface area (Å²) in [7, 11) is 0. The normalized spacial score (nSPS) is 19.2. The molecule has 2 aromatic rings. The second kappa shape index (κ2) is 8.17. The highest BCUT2D eigenvalue weighted by molar-refractivity contribution is 7.18. The molecule has 0 radical (unpaired) electrons. The number of thiophene rings is 1. The minimum absolute atomic E-state index is 0.595. The van der Waals surface area contributed by atoms with Gasteiger partial charge in [0.2, 0.25) is 0 Å². The summed E-state index contributed by atoms with van der Waals surface area (Å²) in [6.45, 7) is 12.7. The number of aromatic nitrogens is 2. The van der Waals surface area contributed by atoms with Crippen LogP contribution >= 0.6 is 11.3 Å². The Hall–Kier alpha value is -1.28. The van der Waals surface area contributed by atoms with Gasteiger partial charge in [-0.2, -0.15) is 0 Å². The van der Waals surface area contributed by atoms with Crippen LogP contribution in [-0.4, -0.2) is 71.7 Å². The quantitative estimate of drug-likeness (QED) is 0.784. The first-order valence-electron chi connectivity index (χ1n) is 9.75. The highest BCUT2D eigenvalue weighted by atomic mass is 32.1. The van der Waals surface area contributed by atoms with Gasteiger partial charge in [-0.1, -0.05) is 0 Å². The summed E-state index contributed by atoms with van der Waals surface area (Å²) in [6.07, 6.45) is 3.93. The summed E-state index contributed by atoms with van der Waals surface area (Å²) in [4.78, 5) is 16.7. The molecule has 0 aromatic carbocycles. The van der Waals surface area contributed by atoms with Crippen molar-refractivity contribution < 1.29 is 4.74 Å². The molecule has 0 spiro atoms. The van der Waals surface area contributed by atoms with E-state index in [2.05, 4.69) is 38.9 Å². The van der Waals surface area contributed by atoms with Gasteiger partial charge in [-0.05, 0) is 38.8 Å². The Labute approximate surface area is 159 Å². The van der Waals surface area contributed by atoms with Gasteiger partial charge >= 0.3 is 0 Å². The minimum Gasteiger partial charge on any atom is -0.379 e. The zero-order chi connectivity index (χ0) is 17.9. The average molecular weight is 376 g/mol. The van der Waals surface area contributed by atoms with E-state index in [-0.39, 0.29) is 0 Å². The Bertz CT molecular complexity index is 741. The van der Waals surface area contributed by atoms with Crippen LogP contribution in [0.5, 0.6) is 0 Å². The maximum Gasteiger partial charge on any atom is 0.138 e. The first-order chi connectivity index (χ1) is 12.7. The van der Waals surface area contributed by atoms with E-state index in [1.165, 1.54) is 15.8 Å². The lowest BCUT2D eigenvalue weighted by molar-refractivity contribution is 0.0378. The van der Waals surface area contributed by atoms with Crippen LogP contribution in [0.1, 0.15) is 30.7 Å². The number of hydrogen-bond donors (Lipinski definition) is 1. The van der Waals surface area contributed by atoms with E-state index in [1.807, 2.05) is 11.3 Å². The summed E-state index contributed by atoms with van der Waals surface area (Å²) in [5.74, 6) is 1.02. The Balaban J connectivity index is 1.42. The first kappa shape index (κ1) is 18.1. The van der Waals surface area contributed by atoms with Gasteiger partial charge in [0.1, 0.15) is 17.0 Å². The molecule has 0 saturated carbocycles. The monoisotopic (exact) mass is 375 g/mol. The highest BCUT2D eigenvalue weighted by Crippen LogP contribution is 2.37. The van der Waals surface area contributed by atoms with Crippen molar-refractivity contribution in [1.82, 2.24) is 19.8 Å². The molecule has 2 aromatic heterocycles. The van der Waals surface area contributed by atoms with E-state index < -0.39 is 0 Å². The van der Waals surface area contributed by atoms with Crippen molar-refractivity contribution in [2.75, 3.05) is 51.3 Å². The van der Waals surface area contributed by atoms with Crippen molar-refractivity contribution in [1.29, 1.82) is 0 Å². The second-order valence-electron chi connectivity index (χ2n) is 7.45. The molecular formula is C19H29N5OS. The Morgan fingerprint density at radius 1 is 1.23 bits per heavy atom.